The molecule has 0 saturated carbocycles. The number of carbonyl (C=O) groups excluding carboxylic acids is 3. The van der Waals surface area contributed by atoms with Crippen LogP contribution in [0.1, 0.15) is 20.3 Å². The third-order valence-corrected chi connectivity index (χ3v) is 2.42. The van der Waals surface area contributed by atoms with Gasteiger partial charge in [-0.1, -0.05) is 13.2 Å². The van der Waals surface area contributed by atoms with Crippen LogP contribution in [0.5, 0.6) is 0 Å². The second-order valence-electron chi connectivity index (χ2n) is 4.93. The van der Waals surface area contributed by atoms with Crippen molar-refractivity contribution in [2.45, 2.75) is 32.5 Å². The fraction of sp³-hybridized carbons (Fsp3) is 0.467. The zero-order valence-electron chi connectivity index (χ0n) is 13.4. The number of carbonyl (C=O) groups is 4. The van der Waals surface area contributed by atoms with Gasteiger partial charge in [0.05, 0.1) is 6.42 Å². The van der Waals surface area contributed by atoms with Crippen LogP contribution < -0.4 is 0 Å². The molecule has 9 heteroatoms. The summed E-state index contributed by atoms with van der Waals surface area (Å²) in [5.74, 6) is -4.17. The van der Waals surface area contributed by atoms with Gasteiger partial charge < -0.3 is 24.4 Å². The highest BCUT2D eigenvalue weighted by Crippen LogP contribution is 2.05. The van der Waals surface area contributed by atoms with Crippen LogP contribution in [-0.4, -0.2) is 59.5 Å². The Bertz CT molecular complexity index is 505. The van der Waals surface area contributed by atoms with Gasteiger partial charge >= 0.3 is 23.9 Å². The Labute approximate surface area is 138 Å². The number of esters is 3. The van der Waals surface area contributed by atoms with E-state index in [-0.39, 0.29) is 11.1 Å². The highest BCUT2D eigenvalue weighted by Gasteiger charge is 2.26. The van der Waals surface area contributed by atoms with Gasteiger partial charge in [-0.25, -0.2) is 14.4 Å². The Hall–Kier alpha value is -2.68. The highest BCUT2D eigenvalue weighted by molar-refractivity contribution is 5.87. The molecular weight excluding hydrogens is 324 g/mol. The number of aliphatic hydroxyl groups excluding tert-OH is 1. The van der Waals surface area contributed by atoms with E-state index in [0.717, 1.165) is 0 Å². The molecule has 0 bridgehead atoms. The predicted molar refractivity (Wildman–Crippen MR) is 79.7 cm³/mol. The molecule has 2 N–H and O–H groups in total. The molecule has 134 valence electrons. The van der Waals surface area contributed by atoms with E-state index in [1.807, 2.05) is 0 Å². The molecule has 9 nitrogen and oxygen atoms in total. The lowest BCUT2D eigenvalue weighted by atomic mass is 10.2. The zero-order valence-corrected chi connectivity index (χ0v) is 13.4. The van der Waals surface area contributed by atoms with Crippen LogP contribution >= 0.6 is 0 Å². The first-order valence-electron chi connectivity index (χ1n) is 6.80. The van der Waals surface area contributed by atoms with Crippen molar-refractivity contribution in [1.82, 2.24) is 0 Å². The number of aliphatic hydroxyl groups is 1. The highest BCUT2D eigenvalue weighted by atomic mass is 16.6. The second kappa shape index (κ2) is 10.2. The van der Waals surface area contributed by atoms with Crippen molar-refractivity contribution >= 4 is 23.9 Å². The van der Waals surface area contributed by atoms with E-state index in [1.54, 1.807) is 0 Å². The van der Waals surface area contributed by atoms with Gasteiger partial charge in [0.2, 0.25) is 0 Å². The summed E-state index contributed by atoms with van der Waals surface area (Å²) in [5.41, 5.74) is 0.204. The zero-order chi connectivity index (χ0) is 18.9. The van der Waals surface area contributed by atoms with E-state index in [0.29, 0.717) is 0 Å². The first-order valence-corrected chi connectivity index (χ1v) is 6.80. The van der Waals surface area contributed by atoms with E-state index < -0.39 is 55.7 Å². The molecule has 0 heterocycles. The fourth-order valence-corrected chi connectivity index (χ4v) is 1.19. The topological polar surface area (TPSA) is 136 Å². The molecule has 0 spiro atoms. The second-order valence-corrected chi connectivity index (χ2v) is 4.93. The third-order valence-electron chi connectivity index (χ3n) is 2.42. The van der Waals surface area contributed by atoms with Crippen LogP contribution in [0.2, 0.25) is 0 Å². The summed E-state index contributed by atoms with van der Waals surface area (Å²) >= 11 is 0. The summed E-state index contributed by atoms with van der Waals surface area (Å²) in [6.45, 7) is 8.60. The fourth-order valence-electron chi connectivity index (χ4n) is 1.19. The van der Waals surface area contributed by atoms with Gasteiger partial charge in [-0.15, -0.1) is 0 Å². The van der Waals surface area contributed by atoms with Crippen LogP contribution in [-0.2, 0) is 33.4 Å². The minimum absolute atomic E-state index is 0.102. The Morgan fingerprint density at radius 1 is 0.958 bits per heavy atom. The molecule has 0 fully saturated rings. The van der Waals surface area contributed by atoms with Crippen molar-refractivity contribution in [3.05, 3.63) is 24.3 Å². The minimum Gasteiger partial charge on any atom is -0.481 e. The minimum atomic E-state index is -1.90. The van der Waals surface area contributed by atoms with Crippen LogP contribution in [0, 0.1) is 0 Å². The molecular formula is C15H20O9. The molecule has 0 aliphatic rings. The lowest BCUT2D eigenvalue weighted by Gasteiger charge is -2.19. The molecule has 24 heavy (non-hydrogen) atoms. The Balaban J connectivity index is 4.77. The number of rotatable bonds is 10. The molecule has 0 radical (unpaired) electrons. The number of carboxylic acid groups (broad SMARTS) is 1. The van der Waals surface area contributed by atoms with Crippen LogP contribution in [0.4, 0.5) is 0 Å². The van der Waals surface area contributed by atoms with E-state index in [9.17, 15) is 24.3 Å². The quantitative estimate of drug-likeness (QED) is 0.318. The average Bonchev–Trinajstić information content (AvgIpc) is 2.47. The molecule has 0 aromatic carbocycles. The largest absolute Gasteiger partial charge is 0.481 e. The average molecular weight is 344 g/mol. The summed E-state index contributed by atoms with van der Waals surface area (Å²) in [7, 11) is 0. The molecule has 1 atom stereocenters. The van der Waals surface area contributed by atoms with E-state index in [4.69, 9.17) is 19.3 Å². The Morgan fingerprint density at radius 3 is 1.71 bits per heavy atom. The maximum absolute atomic E-state index is 11.6. The summed E-state index contributed by atoms with van der Waals surface area (Å²) in [6.07, 6.45) is -3.99. The lowest BCUT2D eigenvalue weighted by molar-refractivity contribution is -0.172. The van der Waals surface area contributed by atoms with Gasteiger partial charge in [-0.2, -0.15) is 0 Å². The maximum atomic E-state index is 11.6. The molecule has 0 aromatic rings. The smallest absolute Gasteiger partial charge is 0.336 e. The molecule has 0 aliphatic heterocycles. The molecule has 0 amide bonds. The lowest BCUT2D eigenvalue weighted by Crippen LogP contribution is -2.35. The monoisotopic (exact) mass is 344 g/mol. The Morgan fingerprint density at radius 2 is 1.38 bits per heavy atom. The van der Waals surface area contributed by atoms with Crippen molar-refractivity contribution in [3.63, 3.8) is 0 Å². The summed E-state index contributed by atoms with van der Waals surface area (Å²) in [6, 6.07) is 0. The standard InChI is InChI=1S/C15H20O9/c1-8(2)13(19)22-6-10(7-23-14(20)9(3)4)24-15(21)11(16)5-12(17)18/h10-11,16H,1,3,5-7H2,2,4H3,(H,17,18). The van der Waals surface area contributed by atoms with Crippen molar-refractivity contribution in [3.8, 4) is 0 Å². The first-order chi connectivity index (χ1) is 11.0. The van der Waals surface area contributed by atoms with Gasteiger partial charge in [-0.3, -0.25) is 4.79 Å². The van der Waals surface area contributed by atoms with Gasteiger partial charge in [-0.05, 0) is 13.8 Å². The maximum Gasteiger partial charge on any atom is 0.336 e. The molecule has 0 aromatic heterocycles. The van der Waals surface area contributed by atoms with Gasteiger partial charge in [0.1, 0.15) is 13.2 Å². The third kappa shape index (κ3) is 8.69. The van der Waals surface area contributed by atoms with Gasteiger partial charge in [0, 0.05) is 11.1 Å². The number of hydrogen-bond donors (Lipinski definition) is 2. The predicted octanol–water partition coefficient (Wildman–Crippen LogP) is -0.0276. The van der Waals surface area contributed by atoms with Crippen molar-refractivity contribution in [1.29, 1.82) is 0 Å². The molecule has 0 rings (SSSR count). The number of carboxylic acids is 1. The number of hydrogen-bond acceptors (Lipinski definition) is 8. The van der Waals surface area contributed by atoms with E-state index in [1.165, 1.54) is 13.8 Å². The summed E-state index contributed by atoms with van der Waals surface area (Å²) in [5, 5.41) is 17.9. The van der Waals surface area contributed by atoms with Crippen molar-refractivity contribution in [2.24, 2.45) is 0 Å². The molecule has 0 aliphatic carbocycles. The number of aliphatic carboxylic acids is 1. The van der Waals surface area contributed by atoms with Gasteiger partial charge in [0.25, 0.3) is 0 Å². The first kappa shape index (κ1) is 21.3. The van der Waals surface area contributed by atoms with Crippen LogP contribution in [0.3, 0.4) is 0 Å². The van der Waals surface area contributed by atoms with Crippen molar-refractivity contribution < 1.29 is 43.6 Å². The van der Waals surface area contributed by atoms with Crippen LogP contribution in [0.25, 0.3) is 0 Å². The summed E-state index contributed by atoms with van der Waals surface area (Å²) in [4.78, 5) is 44.7. The Kier molecular flexibility index (Phi) is 9.03. The van der Waals surface area contributed by atoms with Crippen molar-refractivity contribution in [2.75, 3.05) is 13.2 Å². The molecule has 1 unspecified atom stereocenters. The SMILES string of the molecule is C=C(C)C(=O)OCC(COC(=O)C(=C)C)OC(=O)C(O)CC(=O)O. The normalized spacial score (nSPS) is 11.3. The molecule has 0 saturated heterocycles. The van der Waals surface area contributed by atoms with E-state index in [2.05, 4.69) is 13.2 Å². The van der Waals surface area contributed by atoms with Crippen LogP contribution in [0.15, 0.2) is 24.3 Å². The van der Waals surface area contributed by atoms with E-state index >= 15 is 0 Å². The number of ether oxygens (including phenoxy) is 3. The summed E-state index contributed by atoms with van der Waals surface area (Å²) < 4.78 is 14.4. The van der Waals surface area contributed by atoms with Gasteiger partial charge in [0.15, 0.2) is 12.2 Å².